The Labute approximate surface area is 120 Å². The fourth-order valence-electron chi connectivity index (χ4n) is 2.23. The Hall–Kier alpha value is -1.70. The molecule has 0 aromatic heterocycles. The van der Waals surface area contributed by atoms with Crippen LogP contribution in [0.25, 0.3) is 0 Å². The first-order valence-electron chi connectivity index (χ1n) is 6.01. The highest BCUT2D eigenvalue weighted by atomic mass is 35.5. The lowest BCUT2D eigenvalue weighted by atomic mass is 10.1. The van der Waals surface area contributed by atoms with E-state index in [1.165, 1.54) is 30.1 Å². The van der Waals surface area contributed by atoms with Crippen LogP contribution >= 0.6 is 11.6 Å². The number of carbonyl (C=O) groups is 1. The summed E-state index contributed by atoms with van der Waals surface area (Å²) < 4.78 is 0. The first-order chi connectivity index (χ1) is 9.41. The maximum atomic E-state index is 12.4. The number of hydrogen-bond acceptors (Lipinski definition) is 5. The van der Waals surface area contributed by atoms with Gasteiger partial charge >= 0.3 is 0 Å². The van der Waals surface area contributed by atoms with E-state index in [2.05, 4.69) is 5.32 Å². The Morgan fingerprint density at radius 1 is 1.55 bits per heavy atom. The molecule has 8 heteroatoms. The number of likely N-dealkylation sites (N-methyl/N-ethyl adjacent to an activating group) is 1. The molecule has 2 N–H and O–H groups in total. The molecule has 2 rings (SSSR count). The van der Waals surface area contributed by atoms with Crippen LogP contribution in [0.5, 0.6) is 0 Å². The lowest BCUT2D eigenvalue weighted by Crippen LogP contribution is -2.44. The minimum absolute atomic E-state index is 0.0795. The summed E-state index contributed by atoms with van der Waals surface area (Å²) in [6, 6.07) is 3.42. The van der Waals surface area contributed by atoms with Crippen LogP contribution in [-0.2, 0) is 0 Å². The average Bonchev–Trinajstić information content (AvgIpc) is 2.82. The van der Waals surface area contributed by atoms with Gasteiger partial charge in [-0.05, 0) is 12.1 Å². The van der Waals surface area contributed by atoms with Crippen LogP contribution < -0.4 is 5.32 Å². The predicted molar refractivity (Wildman–Crippen MR) is 72.9 cm³/mol. The zero-order valence-electron chi connectivity index (χ0n) is 10.7. The third-order valence-corrected chi connectivity index (χ3v) is 3.59. The number of nitro groups is 1. The number of aliphatic hydroxyl groups excluding tert-OH is 1. The van der Waals surface area contributed by atoms with E-state index in [4.69, 9.17) is 11.6 Å². The van der Waals surface area contributed by atoms with Gasteiger partial charge in [0, 0.05) is 31.2 Å². The van der Waals surface area contributed by atoms with Gasteiger partial charge in [0.2, 0.25) is 0 Å². The van der Waals surface area contributed by atoms with E-state index >= 15 is 0 Å². The molecule has 1 amide bonds. The molecule has 2 atom stereocenters. The monoisotopic (exact) mass is 299 g/mol. The van der Waals surface area contributed by atoms with E-state index in [0.717, 1.165) is 0 Å². The highest BCUT2D eigenvalue weighted by molar-refractivity contribution is 6.31. The summed E-state index contributed by atoms with van der Waals surface area (Å²) in [6.07, 6.45) is -0.692. The minimum atomic E-state index is -0.692. The SMILES string of the molecule is CN(C(=O)c1cc(Cl)ccc1[N+](=O)[O-])[C@@H]1CNC[C@H]1O. The Kier molecular flexibility index (Phi) is 4.22. The summed E-state index contributed by atoms with van der Waals surface area (Å²) >= 11 is 5.80. The van der Waals surface area contributed by atoms with Gasteiger partial charge in [-0.25, -0.2) is 0 Å². The summed E-state index contributed by atoms with van der Waals surface area (Å²) in [5, 5.41) is 23.9. The largest absolute Gasteiger partial charge is 0.390 e. The van der Waals surface area contributed by atoms with Crippen molar-refractivity contribution in [2.45, 2.75) is 12.1 Å². The Bertz CT molecular complexity index is 552. The Balaban J connectivity index is 2.33. The van der Waals surface area contributed by atoms with Gasteiger partial charge in [-0.15, -0.1) is 0 Å². The lowest BCUT2D eigenvalue weighted by molar-refractivity contribution is -0.385. The number of β-amino-alcohol motifs (C(OH)–C–C–N with tert-alkyl or cyclic N) is 1. The maximum absolute atomic E-state index is 12.4. The number of halogens is 1. The second-order valence-corrected chi connectivity index (χ2v) is 5.06. The molecule has 0 saturated carbocycles. The molecule has 0 radical (unpaired) electrons. The first kappa shape index (κ1) is 14.7. The van der Waals surface area contributed by atoms with E-state index in [1.807, 2.05) is 0 Å². The van der Waals surface area contributed by atoms with Crippen molar-refractivity contribution in [2.24, 2.45) is 0 Å². The number of nitro benzene ring substituents is 1. The highest BCUT2D eigenvalue weighted by Crippen LogP contribution is 2.25. The number of benzene rings is 1. The number of hydrogen-bond donors (Lipinski definition) is 2. The first-order valence-corrected chi connectivity index (χ1v) is 6.39. The number of amides is 1. The summed E-state index contributed by atoms with van der Waals surface area (Å²) in [5.41, 5.74) is -0.379. The van der Waals surface area contributed by atoms with Crippen LogP contribution in [0.15, 0.2) is 18.2 Å². The van der Waals surface area contributed by atoms with Crippen molar-refractivity contribution >= 4 is 23.2 Å². The van der Waals surface area contributed by atoms with Gasteiger partial charge < -0.3 is 15.3 Å². The molecular formula is C12H14ClN3O4. The third kappa shape index (κ3) is 2.74. The van der Waals surface area contributed by atoms with Gasteiger partial charge in [-0.2, -0.15) is 0 Å². The number of carbonyl (C=O) groups excluding carboxylic acids is 1. The topological polar surface area (TPSA) is 95.7 Å². The van der Waals surface area contributed by atoms with E-state index < -0.39 is 23.0 Å². The summed E-state index contributed by atoms with van der Waals surface area (Å²) in [7, 11) is 1.51. The molecule has 0 unspecified atom stereocenters. The minimum Gasteiger partial charge on any atom is -0.390 e. The molecule has 1 aromatic rings. The van der Waals surface area contributed by atoms with Gasteiger partial charge in [0.25, 0.3) is 11.6 Å². The summed E-state index contributed by atoms with van der Waals surface area (Å²) in [4.78, 5) is 24.0. The lowest BCUT2D eigenvalue weighted by Gasteiger charge is -2.26. The maximum Gasteiger partial charge on any atom is 0.282 e. The van der Waals surface area contributed by atoms with Crippen molar-refractivity contribution < 1.29 is 14.8 Å². The molecule has 0 aliphatic carbocycles. The number of nitrogens with one attached hydrogen (secondary N) is 1. The quantitative estimate of drug-likeness (QED) is 0.631. The zero-order valence-corrected chi connectivity index (χ0v) is 11.5. The van der Waals surface area contributed by atoms with Crippen LogP contribution in [-0.4, -0.2) is 53.1 Å². The van der Waals surface area contributed by atoms with Gasteiger partial charge in [-0.1, -0.05) is 11.6 Å². The molecular weight excluding hydrogens is 286 g/mol. The molecule has 1 aliphatic heterocycles. The highest BCUT2D eigenvalue weighted by Gasteiger charge is 2.33. The summed E-state index contributed by atoms with van der Waals surface area (Å²) in [6.45, 7) is 0.831. The van der Waals surface area contributed by atoms with Crippen molar-refractivity contribution in [2.75, 3.05) is 20.1 Å². The second-order valence-electron chi connectivity index (χ2n) is 4.63. The van der Waals surface area contributed by atoms with Gasteiger partial charge in [0.1, 0.15) is 5.56 Å². The van der Waals surface area contributed by atoms with Crippen molar-refractivity contribution in [3.05, 3.63) is 38.9 Å². The van der Waals surface area contributed by atoms with E-state index in [0.29, 0.717) is 13.1 Å². The molecule has 1 heterocycles. The van der Waals surface area contributed by atoms with Gasteiger partial charge in [0.05, 0.1) is 17.1 Å². The standard InChI is InChI=1S/C12H14ClN3O4/c1-15(10-5-14-6-11(10)17)12(18)8-4-7(13)2-3-9(8)16(19)20/h2-4,10-11,14,17H,5-6H2,1H3/t10-,11-/m1/s1. The molecule has 108 valence electrons. The van der Waals surface area contributed by atoms with Crippen LogP contribution in [0.2, 0.25) is 5.02 Å². The van der Waals surface area contributed by atoms with Gasteiger partial charge in [-0.3, -0.25) is 14.9 Å². The van der Waals surface area contributed by atoms with Crippen LogP contribution in [0, 0.1) is 10.1 Å². The number of rotatable bonds is 3. The van der Waals surface area contributed by atoms with Crippen molar-refractivity contribution in [3.8, 4) is 0 Å². The van der Waals surface area contributed by atoms with Crippen molar-refractivity contribution in [3.63, 3.8) is 0 Å². The Morgan fingerprint density at radius 3 is 2.80 bits per heavy atom. The molecule has 1 aliphatic rings. The molecule has 1 aromatic carbocycles. The number of nitrogens with zero attached hydrogens (tertiary/aromatic N) is 2. The van der Waals surface area contributed by atoms with E-state index in [9.17, 15) is 20.0 Å². The smallest absolute Gasteiger partial charge is 0.282 e. The van der Waals surface area contributed by atoms with Crippen molar-refractivity contribution in [1.29, 1.82) is 0 Å². The van der Waals surface area contributed by atoms with E-state index in [-0.39, 0.29) is 16.3 Å². The third-order valence-electron chi connectivity index (χ3n) is 3.35. The average molecular weight is 300 g/mol. The molecule has 0 bridgehead atoms. The van der Waals surface area contributed by atoms with Crippen LogP contribution in [0.4, 0.5) is 5.69 Å². The summed E-state index contributed by atoms with van der Waals surface area (Å²) in [5.74, 6) is -0.535. The molecule has 1 saturated heterocycles. The fraction of sp³-hybridized carbons (Fsp3) is 0.417. The van der Waals surface area contributed by atoms with Crippen LogP contribution in [0.1, 0.15) is 10.4 Å². The van der Waals surface area contributed by atoms with Crippen LogP contribution in [0.3, 0.4) is 0 Å². The zero-order chi connectivity index (χ0) is 14.9. The molecule has 0 spiro atoms. The normalized spacial score (nSPS) is 21.8. The molecule has 7 nitrogen and oxygen atoms in total. The predicted octanol–water partition coefficient (Wildman–Crippen LogP) is 0.653. The Morgan fingerprint density at radius 2 is 2.25 bits per heavy atom. The molecule has 20 heavy (non-hydrogen) atoms. The fourth-order valence-corrected chi connectivity index (χ4v) is 2.40. The van der Waals surface area contributed by atoms with Crippen molar-refractivity contribution in [1.82, 2.24) is 10.2 Å². The molecule has 1 fully saturated rings. The van der Waals surface area contributed by atoms with Gasteiger partial charge in [0.15, 0.2) is 0 Å². The van der Waals surface area contributed by atoms with E-state index in [1.54, 1.807) is 0 Å². The second kappa shape index (κ2) is 5.74. The number of aliphatic hydroxyl groups is 1.